The van der Waals surface area contributed by atoms with Crippen molar-refractivity contribution >= 4 is 5.97 Å². The summed E-state index contributed by atoms with van der Waals surface area (Å²) >= 11 is 0. The maximum absolute atomic E-state index is 10.1. The average molecular weight is 176 g/mol. The minimum absolute atomic E-state index is 0.0953. The van der Waals surface area contributed by atoms with Gasteiger partial charge in [-0.05, 0) is 12.8 Å². The maximum Gasteiger partial charge on any atom is 0.303 e. The lowest BCUT2D eigenvalue weighted by molar-refractivity contribution is -0.138. The number of aliphatic hydroxyl groups is 2. The number of carboxylic acids is 1. The van der Waals surface area contributed by atoms with Gasteiger partial charge in [0, 0.05) is 6.42 Å². The Labute approximate surface area is 71.8 Å². The molecule has 2 atom stereocenters. The molecule has 0 fully saturated rings. The van der Waals surface area contributed by atoms with E-state index in [9.17, 15) is 15.0 Å². The lowest BCUT2D eigenvalue weighted by Crippen LogP contribution is -2.26. The van der Waals surface area contributed by atoms with Crippen LogP contribution >= 0.6 is 0 Å². The van der Waals surface area contributed by atoms with E-state index in [1.54, 1.807) is 0 Å². The number of aliphatic hydroxyl groups excluding tert-OH is 2. The Balaban J connectivity index is 3.55. The Hall–Kier alpha value is -0.610. The monoisotopic (exact) mass is 176 g/mol. The molecule has 0 aliphatic heterocycles. The van der Waals surface area contributed by atoms with Crippen LogP contribution < -0.4 is 0 Å². The summed E-state index contributed by atoms with van der Waals surface area (Å²) in [4.78, 5) is 10.1. The van der Waals surface area contributed by atoms with Crippen LogP contribution in [0, 0.1) is 0 Å². The summed E-state index contributed by atoms with van der Waals surface area (Å²) in [5.74, 6) is -0.947. The molecule has 12 heavy (non-hydrogen) atoms. The summed E-state index contributed by atoms with van der Waals surface area (Å²) < 4.78 is 0. The highest BCUT2D eigenvalue weighted by Gasteiger charge is 2.15. The van der Waals surface area contributed by atoms with Crippen LogP contribution in [-0.2, 0) is 4.79 Å². The molecule has 0 aliphatic carbocycles. The summed E-state index contributed by atoms with van der Waals surface area (Å²) in [5, 5.41) is 26.7. The van der Waals surface area contributed by atoms with Gasteiger partial charge in [-0.15, -0.1) is 0 Å². The van der Waals surface area contributed by atoms with E-state index >= 15 is 0 Å². The summed E-state index contributed by atoms with van der Waals surface area (Å²) in [5.41, 5.74) is 0. The quantitative estimate of drug-likeness (QED) is 0.546. The van der Waals surface area contributed by atoms with Crippen molar-refractivity contribution in [2.75, 3.05) is 0 Å². The normalized spacial score (nSPS) is 15.6. The third-order valence-electron chi connectivity index (χ3n) is 1.68. The minimum Gasteiger partial charge on any atom is -0.481 e. The number of hydrogen-bond donors (Lipinski definition) is 3. The van der Waals surface area contributed by atoms with Crippen molar-refractivity contribution in [3.05, 3.63) is 0 Å². The van der Waals surface area contributed by atoms with Gasteiger partial charge >= 0.3 is 5.97 Å². The topological polar surface area (TPSA) is 77.8 Å². The Bertz CT molecular complexity index is 135. The fourth-order valence-electron chi connectivity index (χ4n) is 0.952. The molecular weight excluding hydrogens is 160 g/mol. The SMILES string of the molecule is CCCC(O)C(O)CCC(=O)O. The van der Waals surface area contributed by atoms with Crippen molar-refractivity contribution in [3.8, 4) is 0 Å². The molecule has 72 valence electrons. The average Bonchev–Trinajstić information content (AvgIpc) is 2.00. The number of carbonyl (C=O) groups is 1. The molecule has 0 aromatic carbocycles. The molecule has 4 nitrogen and oxygen atoms in total. The van der Waals surface area contributed by atoms with Crippen molar-refractivity contribution in [2.45, 2.75) is 44.8 Å². The predicted molar refractivity (Wildman–Crippen MR) is 43.8 cm³/mol. The molecule has 0 amide bonds. The van der Waals surface area contributed by atoms with E-state index in [4.69, 9.17) is 5.11 Å². The second-order valence-electron chi connectivity index (χ2n) is 2.86. The molecular formula is C8H16O4. The van der Waals surface area contributed by atoms with Crippen LogP contribution in [0.25, 0.3) is 0 Å². The van der Waals surface area contributed by atoms with Gasteiger partial charge in [0.1, 0.15) is 0 Å². The van der Waals surface area contributed by atoms with E-state index in [1.165, 1.54) is 0 Å². The highest BCUT2D eigenvalue weighted by Crippen LogP contribution is 2.07. The van der Waals surface area contributed by atoms with E-state index in [-0.39, 0.29) is 12.8 Å². The fraction of sp³-hybridized carbons (Fsp3) is 0.875. The number of carboxylic acid groups (broad SMARTS) is 1. The first-order chi connectivity index (χ1) is 5.57. The molecule has 0 rings (SSSR count). The van der Waals surface area contributed by atoms with Crippen LogP contribution in [0.3, 0.4) is 0 Å². The Morgan fingerprint density at radius 3 is 2.17 bits per heavy atom. The zero-order valence-corrected chi connectivity index (χ0v) is 7.23. The molecule has 0 aliphatic rings. The molecule has 0 radical (unpaired) electrons. The summed E-state index contributed by atoms with van der Waals surface area (Å²) in [6.07, 6.45) is -0.361. The molecule has 4 heteroatoms. The van der Waals surface area contributed by atoms with E-state index in [1.807, 2.05) is 6.92 Å². The van der Waals surface area contributed by atoms with E-state index in [0.717, 1.165) is 6.42 Å². The van der Waals surface area contributed by atoms with Gasteiger partial charge < -0.3 is 15.3 Å². The van der Waals surface area contributed by atoms with Gasteiger partial charge in [-0.1, -0.05) is 13.3 Å². The molecule has 0 aromatic rings. The molecule has 3 N–H and O–H groups in total. The van der Waals surface area contributed by atoms with Crippen LogP contribution in [0.2, 0.25) is 0 Å². The third kappa shape index (κ3) is 5.09. The summed E-state index contributed by atoms with van der Waals surface area (Å²) in [6, 6.07) is 0. The Morgan fingerprint density at radius 1 is 1.25 bits per heavy atom. The van der Waals surface area contributed by atoms with Gasteiger partial charge in [-0.2, -0.15) is 0 Å². The second-order valence-corrected chi connectivity index (χ2v) is 2.86. The predicted octanol–water partition coefficient (Wildman–Crippen LogP) is 0.373. The highest BCUT2D eigenvalue weighted by atomic mass is 16.4. The van der Waals surface area contributed by atoms with Crippen LogP contribution in [0.4, 0.5) is 0 Å². The summed E-state index contributed by atoms with van der Waals surface area (Å²) in [7, 11) is 0. The second kappa shape index (κ2) is 5.97. The number of aliphatic carboxylic acids is 1. The van der Waals surface area contributed by atoms with Gasteiger partial charge in [-0.3, -0.25) is 4.79 Å². The van der Waals surface area contributed by atoms with Crippen LogP contribution in [0.15, 0.2) is 0 Å². The first kappa shape index (κ1) is 11.4. The van der Waals surface area contributed by atoms with Gasteiger partial charge in [0.25, 0.3) is 0 Å². The zero-order chi connectivity index (χ0) is 9.56. The van der Waals surface area contributed by atoms with Crippen LogP contribution in [-0.4, -0.2) is 33.5 Å². The Kier molecular flexibility index (Phi) is 5.66. The largest absolute Gasteiger partial charge is 0.481 e. The standard InChI is InChI=1S/C8H16O4/c1-2-3-6(9)7(10)4-5-8(11)12/h6-7,9-10H,2-5H2,1H3,(H,11,12). The molecule has 2 unspecified atom stereocenters. The number of hydrogen-bond acceptors (Lipinski definition) is 3. The zero-order valence-electron chi connectivity index (χ0n) is 7.23. The smallest absolute Gasteiger partial charge is 0.303 e. The first-order valence-corrected chi connectivity index (χ1v) is 4.15. The van der Waals surface area contributed by atoms with Crippen molar-refractivity contribution in [2.24, 2.45) is 0 Å². The van der Waals surface area contributed by atoms with Crippen molar-refractivity contribution in [1.29, 1.82) is 0 Å². The summed E-state index contributed by atoms with van der Waals surface area (Å²) in [6.45, 7) is 1.90. The first-order valence-electron chi connectivity index (χ1n) is 4.15. The van der Waals surface area contributed by atoms with Gasteiger partial charge in [0.15, 0.2) is 0 Å². The molecule has 0 heterocycles. The lowest BCUT2D eigenvalue weighted by Gasteiger charge is -2.15. The van der Waals surface area contributed by atoms with Crippen molar-refractivity contribution in [1.82, 2.24) is 0 Å². The van der Waals surface area contributed by atoms with Gasteiger partial charge in [0.2, 0.25) is 0 Å². The van der Waals surface area contributed by atoms with Crippen molar-refractivity contribution < 1.29 is 20.1 Å². The molecule has 0 aromatic heterocycles. The molecule has 0 saturated carbocycles. The molecule has 0 saturated heterocycles. The van der Waals surface area contributed by atoms with E-state index in [2.05, 4.69) is 0 Å². The Morgan fingerprint density at radius 2 is 1.75 bits per heavy atom. The molecule has 0 spiro atoms. The van der Waals surface area contributed by atoms with Crippen LogP contribution in [0.5, 0.6) is 0 Å². The van der Waals surface area contributed by atoms with E-state index in [0.29, 0.717) is 6.42 Å². The maximum atomic E-state index is 10.1. The minimum atomic E-state index is -0.947. The van der Waals surface area contributed by atoms with Gasteiger partial charge in [0.05, 0.1) is 12.2 Å². The lowest BCUT2D eigenvalue weighted by atomic mass is 10.0. The molecule has 0 bridgehead atoms. The third-order valence-corrected chi connectivity index (χ3v) is 1.68. The fourth-order valence-corrected chi connectivity index (χ4v) is 0.952. The number of rotatable bonds is 6. The van der Waals surface area contributed by atoms with Gasteiger partial charge in [-0.25, -0.2) is 0 Å². The van der Waals surface area contributed by atoms with Crippen LogP contribution in [0.1, 0.15) is 32.6 Å². The van der Waals surface area contributed by atoms with E-state index < -0.39 is 18.2 Å². The van der Waals surface area contributed by atoms with Crippen molar-refractivity contribution in [3.63, 3.8) is 0 Å². The highest BCUT2D eigenvalue weighted by molar-refractivity contribution is 5.66.